The number of nitrogens with one attached hydrogen (secondary N) is 2. The molecule has 0 saturated carbocycles. The maximum absolute atomic E-state index is 11.9. The average Bonchev–Trinajstić information content (AvgIpc) is 2.64. The molecule has 0 radical (unpaired) electrons. The summed E-state index contributed by atoms with van der Waals surface area (Å²) in [5, 5.41) is 5.32. The Balaban J connectivity index is 1.82. The Kier molecular flexibility index (Phi) is 6.19. The van der Waals surface area contributed by atoms with Gasteiger partial charge in [-0.2, -0.15) is 0 Å². The standard InChI is InChI=1S/C18H20N2O4/c1-23-15-9-8-13(10-16(15)24-2)11-19-17(21)12-20-18(22)14-6-4-3-5-7-14/h3-10H,11-12H2,1-2H3,(H,19,21)(H,20,22). The van der Waals surface area contributed by atoms with Crippen molar-refractivity contribution < 1.29 is 19.1 Å². The molecule has 2 N–H and O–H groups in total. The maximum Gasteiger partial charge on any atom is 0.251 e. The van der Waals surface area contributed by atoms with Crippen molar-refractivity contribution in [1.29, 1.82) is 0 Å². The molecule has 0 atom stereocenters. The normalized spacial score (nSPS) is 9.92. The van der Waals surface area contributed by atoms with Gasteiger partial charge in [-0.15, -0.1) is 0 Å². The molecule has 0 fully saturated rings. The molecule has 0 heterocycles. The van der Waals surface area contributed by atoms with E-state index in [4.69, 9.17) is 9.47 Å². The third-order valence-corrected chi connectivity index (χ3v) is 3.38. The van der Waals surface area contributed by atoms with Gasteiger partial charge in [0.15, 0.2) is 11.5 Å². The van der Waals surface area contributed by atoms with Gasteiger partial charge < -0.3 is 20.1 Å². The fourth-order valence-electron chi connectivity index (χ4n) is 2.11. The van der Waals surface area contributed by atoms with Crippen LogP contribution in [-0.4, -0.2) is 32.6 Å². The van der Waals surface area contributed by atoms with Crippen LogP contribution in [0.1, 0.15) is 15.9 Å². The first-order chi connectivity index (χ1) is 11.6. The number of carbonyl (C=O) groups excluding carboxylic acids is 2. The van der Waals surface area contributed by atoms with Crippen LogP contribution in [0.25, 0.3) is 0 Å². The monoisotopic (exact) mass is 328 g/mol. The van der Waals surface area contributed by atoms with Crippen LogP contribution >= 0.6 is 0 Å². The van der Waals surface area contributed by atoms with Gasteiger partial charge in [-0.05, 0) is 29.8 Å². The van der Waals surface area contributed by atoms with Gasteiger partial charge in [0.25, 0.3) is 5.91 Å². The third kappa shape index (κ3) is 4.74. The topological polar surface area (TPSA) is 76.7 Å². The summed E-state index contributed by atoms with van der Waals surface area (Å²) in [5.41, 5.74) is 1.39. The molecule has 2 amide bonds. The highest BCUT2D eigenvalue weighted by Crippen LogP contribution is 2.27. The summed E-state index contributed by atoms with van der Waals surface area (Å²) in [4.78, 5) is 23.7. The number of ether oxygens (including phenoxy) is 2. The highest BCUT2D eigenvalue weighted by molar-refractivity contribution is 5.96. The molecular formula is C18H20N2O4. The molecule has 6 heteroatoms. The van der Waals surface area contributed by atoms with E-state index in [1.165, 1.54) is 0 Å². The van der Waals surface area contributed by atoms with E-state index >= 15 is 0 Å². The van der Waals surface area contributed by atoms with Crippen molar-refractivity contribution in [1.82, 2.24) is 10.6 Å². The predicted molar refractivity (Wildman–Crippen MR) is 90.2 cm³/mol. The molecule has 24 heavy (non-hydrogen) atoms. The molecule has 0 aliphatic rings. The van der Waals surface area contributed by atoms with Crippen LogP contribution in [0.5, 0.6) is 11.5 Å². The Hall–Kier alpha value is -3.02. The van der Waals surface area contributed by atoms with E-state index in [1.54, 1.807) is 50.6 Å². The van der Waals surface area contributed by atoms with Gasteiger partial charge in [0.1, 0.15) is 0 Å². The lowest BCUT2D eigenvalue weighted by atomic mass is 10.2. The summed E-state index contributed by atoms with van der Waals surface area (Å²) in [6, 6.07) is 14.2. The van der Waals surface area contributed by atoms with E-state index in [0.29, 0.717) is 23.6 Å². The van der Waals surface area contributed by atoms with Crippen LogP contribution in [0.4, 0.5) is 0 Å². The molecular weight excluding hydrogens is 308 g/mol. The Labute approximate surface area is 140 Å². The number of benzene rings is 2. The first-order valence-corrected chi connectivity index (χ1v) is 7.45. The maximum atomic E-state index is 11.9. The van der Waals surface area contributed by atoms with Crippen molar-refractivity contribution in [3.63, 3.8) is 0 Å². The lowest BCUT2D eigenvalue weighted by Gasteiger charge is -2.10. The van der Waals surface area contributed by atoms with Crippen LogP contribution in [0.3, 0.4) is 0 Å². The summed E-state index contributed by atoms with van der Waals surface area (Å²) in [7, 11) is 3.12. The molecule has 126 valence electrons. The minimum absolute atomic E-state index is 0.0823. The largest absolute Gasteiger partial charge is 0.493 e. The summed E-state index contributed by atoms with van der Waals surface area (Å²) in [6.45, 7) is 0.251. The van der Waals surface area contributed by atoms with E-state index in [9.17, 15) is 9.59 Å². The van der Waals surface area contributed by atoms with E-state index in [1.807, 2.05) is 12.1 Å². The Bertz CT molecular complexity index is 701. The highest BCUT2D eigenvalue weighted by atomic mass is 16.5. The van der Waals surface area contributed by atoms with E-state index in [2.05, 4.69) is 10.6 Å². The molecule has 2 aromatic carbocycles. The third-order valence-electron chi connectivity index (χ3n) is 3.38. The van der Waals surface area contributed by atoms with Crippen LogP contribution in [-0.2, 0) is 11.3 Å². The molecule has 0 aliphatic heterocycles. The number of methoxy groups -OCH3 is 2. The van der Waals surface area contributed by atoms with Gasteiger partial charge in [0, 0.05) is 12.1 Å². The zero-order valence-corrected chi connectivity index (χ0v) is 13.7. The SMILES string of the molecule is COc1ccc(CNC(=O)CNC(=O)c2ccccc2)cc1OC. The zero-order chi connectivity index (χ0) is 17.4. The van der Waals surface area contributed by atoms with Gasteiger partial charge in [-0.3, -0.25) is 9.59 Å². The van der Waals surface area contributed by atoms with Gasteiger partial charge in [0.2, 0.25) is 5.91 Å². The molecule has 0 aromatic heterocycles. The van der Waals surface area contributed by atoms with Gasteiger partial charge in [0.05, 0.1) is 20.8 Å². The predicted octanol–water partition coefficient (Wildman–Crippen LogP) is 1.75. The number of hydrogen-bond acceptors (Lipinski definition) is 4. The molecule has 0 unspecified atom stereocenters. The summed E-state index contributed by atoms with van der Waals surface area (Å²) < 4.78 is 10.4. The summed E-state index contributed by atoms with van der Waals surface area (Å²) in [6.07, 6.45) is 0. The Morgan fingerprint density at radius 1 is 0.917 bits per heavy atom. The molecule has 2 rings (SSSR count). The van der Waals surface area contributed by atoms with E-state index in [0.717, 1.165) is 5.56 Å². The molecule has 0 saturated heterocycles. The molecule has 6 nitrogen and oxygen atoms in total. The minimum Gasteiger partial charge on any atom is -0.493 e. The lowest BCUT2D eigenvalue weighted by molar-refractivity contribution is -0.120. The van der Waals surface area contributed by atoms with Crippen molar-refractivity contribution in [2.75, 3.05) is 20.8 Å². The van der Waals surface area contributed by atoms with Crippen molar-refractivity contribution in [2.45, 2.75) is 6.54 Å². The van der Waals surface area contributed by atoms with Crippen LogP contribution in [0.15, 0.2) is 48.5 Å². The second-order valence-electron chi connectivity index (χ2n) is 5.01. The van der Waals surface area contributed by atoms with Crippen LogP contribution in [0, 0.1) is 0 Å². The molecule has 0 spiro atoms. The highest BCUT2D eigenvalue weighted by Gasteiger charge is 2.08. The van der Waals surface area contributed by atoms with Crippen molar-refractivity contribution in [3.8, 4) is 11.5 Å². The molecule has 2 aromatic rings. The van der Waals surface area contributed by atoms with E-state index in [-0.39, 0.29) is 18.4 Å². The Morgan fingerprint density at radius 3 is 2.29 bits per heavy atom. The first-order valence-electron chi connectivity index (χ1n) is 7.45. The second kappa shape index (κ2) is 8.57. The fourth-order valence-corrected chi connectivity index (χ4v) is 2.11. The minimum atomic E-state index is -0.281. The zero-order valence-electron chi connectivity index (χ0n) is 13.7. The van der Waals surface area contributed by atoms with Crippen molar-refractivity contribution in [2.24, 2.45) is 0 Å². The summed E-state index contributed by atoms with van der Waals surface area (Å²) >= 11 is 0. The second-order valence-corrected chi connectivity index (χ2v) is 5.01. The summed E-state index contributed by atoms with van der Waals surface area (Å²) in [5.74, 6) is 0.676. The first kappa shape index (κ1) is 17.3. The van der Waals surface area contributed by atoms with Gasteiger partial charge in [-0.25, -0.2) is 0 Å². The number of rotatable bonds is 7. The average molecular weight is 328 g/mol. The lowest BCUT2D eigenvalue weighted by Crippen LogP contribution is -2.36. The van der Waals surface area contributed by atoms with Gasteiger partial charge >= 0.3 is 0 Å². The smallest absolute Gasteiger partial charge is 0.251 e. The van der Waals surface area contributed by atoms with Crippen LogP contribution in [0.2, 0.25) is 0 Å². The fraction of sp³-hybridized carbons (Fsp3) is 0.222. The number of carbonyl (C=O) groups is 2. The van der Waals surface area contributed by atoms with Crippen molar-refractivity contribution in [3.05, 3.63) is 59.7 Å². The van der Waals surface area contributed by atoms with E-state index < -0.39 is 0 Å². The molecule has 0 aliphatic carbocycles. The number of hydrogen-bond donors (Lipinski definition) is 2. The quantitative estimate of drug-likeness (QED) is 0.812. The number of amides is 2. The van der Waals surface area contributed by atoms with Crippen LogP contribution < -0.4 is 20.1 Å². The van der Waals surface area contributed by atoms with Crippen molar-refractivity contribution >= 4 is 11.8 Å². The molecule has 0 bridgehead atoms. The van der Waals surface area contributed by atoms with Gasteiger partial charge in [-0.1, -0.05) is 24.3 Å². The Morgan fingerprint density at radius 2 is 1.62 bits per heavy atom.